The number of carbonyl (C=O) groups excluding carboxylic acids is 1. The summed E-state index contributed by atoms with van der Waals surface area (Å²) in [6.45, 7) is -1.36. The van der Waals surface area contributed by atoms with E-state index in [1.807, 2.05) is 24.3 Å². The summed E-state index contributed by atoms with van der Waals surface area (Å²) in [4.78, 5) is 20.5. The molecule has 1 aliphatic rings. The molecule has 1 amide bonds. The average molecular weight is 459 g/mol. The Morgan fingerprint density at radius 2 is 2.06 bits per heavy atom. The fourth-order valence-electron chi connectivity index (χ4n) is 3.53. The third-order valence-electron chi connectivity index (χ3n) is 5.03. The molecular weight excluding hydrogens is 439 g/mol. The molecule has 0 bridgehead atoms. The maximum Gasteiger partial charge on any atom is 0.422 e. The average Bonchev–Trinajstić information content (AvgIpc) is 2.82. The van der Waals surface area contributed by atoms with Crippen LogP contribution in [0, 0.1) is 0 Å². The number of hydrogen-bond acceptors (Lipinski definition) is 6. The summed E-state index contributed by atoms with van der Waals surface area (Å²) in [5, 5.41) is 12.3. The van der Waals surface area contributed by atoms with Crippen LogP contribution in [0.25, 0.3) is 11.1 Å². The maximum absolute atomic E-state index is 12.6. The van der Waals surface area contributed by atoms with E-state index in [9.17, 15) is 23.1 Å². The van der Waals surface area contributed by atoms with Crippen molar-refractivity contribution in [2.45, 2.75) is 25.2 Å². The van der Waals surface area contributed by atoms with Crippen molar-refractivity contribution in [2.24, 2.45) is 0 Å². The molecule has 3 aromatic rings. The molecule has 10 heteroatoms. The number of ether oxygens (including phenoxy) is 2. The van der Waals surface area contributed by atoms with E-state index >= 15 is 0 Å². The first kappa shape index (κ1) is 22.5. The molecule has 0 saturated carbocycles. The molecule has 2 N–H and O–H groups in total. The highest BCUT2D eigenvalue weighted by Gasteiger charge is 2.29. The number of fused-ring (bicyclic) bond motifs is 1. The van der Waals surface area contributed by atoms with Gasteiger partial charge in [-0.1, -0.05) is 12.1 Å². The van der Waals surface area contributed by atoms with Gasteiger partial charge in [-0.05, 0) is 35.4 Å². The molecule has 1 aromatic carbocycles. The van der Waals surface area contributed by atoms with E-state index in [1.54, 1.807) is 12.3 Å². The number of hydrogen-bond donors (Lipinski definition) is 2. The van der Waals surface area contributed by atoms with E-state index in [4.69, 9.17) is 4.74 Å². The Morgan fingerprint density at radius 3 is 2.79 bits per heavy atom. The van der Waals surface area contributed by atoms with Crippen molar-refractivity contribution in [2.75, 3.05) is 13.2 Å². The third-order valence-corrected chi connectivity index (χ3v) is 5.03. The van der Waals surface area contributed by atoms with Crippen molar-refractivity contribution < 1.29 is 32.5 Å². The van der Waals surface area contributed by atoms with E-state index in [0.29, 0.717) is 17.9 Å². The van der Waals surface area contributed by atoms with Gasteiger partial charge in [-0.2, -0.15) is 13.2 Å². The maximum atomic E-state index is 12.6. The van der Waals surface area contributed by atoms with E-state index in [0.717, 1.165) is 22.9 Å². The number of carbonyl (C=O) groups is 1. The second-order valence-electron chi connectivity index (χ2n) is 7.45. The fourth-order valence-corrected chi connectivity index (χ4v) is 3.53. The highest BCUT2D eigenvalue weighted by atomic mass is 19.4. The summed E-state index contributed by atoms with van der Waals surface area (Å²) in [5.41, 5.74) is 3.44. The second-order valence-corrected chi connectivity index (χ2v) is 7.45. The second kappa shape index (κ2) is 9.45. The molecule has 172 valence electrons. The van der Waals surface area contributed by atoms with Crippen molar-refractivity contribution in [3.63, 3.8) is 0 Å². The Bertz CT molecular complexity index is 1140. The lowest BCUT2D eigenvalue weighted by molar-refractivity contribution is -0.154. The topological polar surface area (TPSA) is 93.6 Å². The Balaban J connectivity index is 1.45. The lowest BCUT2D eigenvalue weighted by Crippen LogP contribution is -2.42. The van der Waals surface area contributed by atoms with Gasteiger partial charge in [0.1, 0.15) is 12.4 Å². The third kappa shape index (κ3) is 5.58. The molecule has 33 heavy (non-hydrogen) atoms. The number of alkyl halides is 3. The number of nitrogens with one attached hydrogen (secondary N) is 1. The zero-order chi connectivity index (χ0) is 23.4. The van der Waals surface area contributed by atoms with E-state index in [2.05, 4.69) is 20.0 Å². The predicted octanol–water partition coefficient (Wildman–Crippen LogP) is 3.31. The number of nitrogens with zero attached hydrogens (tertiary/aromatic N) is 2. The highest BCUT2D eigenvalue weighted by molar-refractivity contribution is 5.94. The first-order valence-electron chi connectivity index (χ1n) is 10.1. The summed E-state index contributed by atoms with van der Waals surface area (Å²) >= 11 is 0. The monoisotopic (exact) mass is 459 g/mol. The molecule has 1 unspecified atom stereocenters. The number of rotatable bonds is 6. The van der Waals surface area contributed by atoms with E-state index in [1.165, 1.54) is 12.1 Å². The number of amides is 1. The van der Waals surface area contributed by atoms with Gasteiger partial charge >= 0.3 is 6.18 Å². The van der Waals surface area contributed by atoms with Crippen molar-refractivity contribution in [1.82, 2.24) is 15.3 Å². The van der Waals surface area contributed by atoms with Crippen LogP contribution in [0.2, 0.25) is 0 Å². The van der Waals surface area contributed by atoms with Crippen LogP contribution in [-0.4, -0.2) is 46.4 Å². The zero-order valence-corrected chi connectivity index (χ0v) is 17.3. The lowest BCUT2D eigenvalue weighted by Gasteiger charge is -2.28. The molecule has 3 heterocycles. The Morgan fingerprint density at radius 1 is 1.21 bits per heavy atom. The summed E-state index contributed by atoms with van der Waals surface area (Å²) in [6, 6.07) is 11.5. The number of aliphatic hydroxyl groups is 1. The van der Waals surface area contributed by atoms with Crippen LogP contribution in [0.5, 0.6) is 11.6 Å². The SMILES string of the molecule is O=C(NC1COc2cccc(-c3ccnc(CO)c3)c2C1)c1ccc(OCC(F)(F)F)nc1. The Labute approximate surface area is 187 Å². The van der Waals surface area contributed by atoms with Gasteiger partial charge in [-0.3, -0.25) is 9.78 Å². The molecular formula is C23H20F3N3O4. The van der Waals surface area contributed by atoms with Crippen LogP contribution in [0.15, 0.2) is 54.9 Å². The van der Waals surface area contributed by atoms with Gasteiger partial charge in [0.05, 0.1) is 23.9 Å². The number of aromatic nitrogens is 2. The normalized spacial score (nSPS) is 15.3. The standard InChI is InChI=1S/C23H20F3N3O4/c24-23(25,26)13-33-21-5-4-15(10-28-21)22(31)29-17-9-19-18(2-1-3-20(19)32-12-17)14-6-7-27-16(8-14)11-30/h1-8,10,17,30H,9,11-13H2,(H,29,31). The minimum absolute atomic E-state index is 0.174. The first-order valence-corrected chi connectivity index (χ1v) is 10.1. The van der Waals surface area contributed by atoms with Crippen LogP contribution in [-0.2, 0) is 13.0 Å². The summed E-state index contributed by atoms with van der Waals surface area (Å²) in [7, 11) is 0. The molecule has 0 saturated heterocycles. The Hall–Kier alpha value is -3.66. The predicted molar refractivity (Wildman–Crippen MR) is 112 cm³/mol. The molecule has 0 radical (unpaired) electrons. The molecule has 1 atom stereocenters. The highest BCUT2D eigenvalue weighted by Crippen LogP contribution is 2.34. The van der Waals surface area contributed by atoms with E-state index in [-0.39, 0.29) is 30.7 Å². The largest absolute Gasteiger partial charge is 0.491 e. The van der Waals surface area contributed by atoms with Gasteiger partial charge in [0, 0.05) is 30.4 Å². The van der Waals surface area contributed by atoms with Gasteiger partial charge in [-0.15, -0.1) is 0 Å². The minimum atomic E-state index is -4.47. The van der Waals surface area contributed by atoms with Crippen LogP contribution in [0.1, 0.15) is 21.6 Å². The summed E-state index contributed by atoms with van der Waals surface area (Å²) in [6.07, 6.45) is -1.17. The number of aliphatic hydroxyl groups excluding tert-OH is 1. The lowest BCUT2D eigenvalue weighted by atomic mass is 9.93. The van der Waals surface area contributed by atoms with Crippen molar-refractivity contribution in [3.05, 3.63) is 71.7 Å². The van der Waals surface area contributed by atoms with Gasteiger partial charge in [0.15, 0.2) is 6.61 Å². The molecule has 0 aliphatic carbocycles. The first-order chi connectivity index (χ1) is 15.8. The summed E-state index contributed by atoms with van der Waals surface area (Å²) in [5.74, 6) is 0.0714. The summed E-state index contributed by atoms with van der Waals surface area (Å²) < 4.78 is 47.2. The Kier molecular flexibility index (Phi) is 6.45. The minimum Gasteiger partial charge on any atom is -0.491 e. The molecule has 0 spiro atoms. The quantitative estimate of drug-likeness (QED) is 0.588. The smallest absolute Gasteiger partial charge is 0.422 e. The van der Waals surface area contributed by atoms with Crippen molar-refractivity contribution in [3.8, 4) is 22.8 Å². The number of benzene rings is 1. The number of pyridine rings is 2. The fraction of sp³-hybridized carbons (Fsp3) is 0.261. The van der Waals surface area contributed by atoms with E-state index < -0.39 is 18.7 Å². The van der Waals surface area contributed by atoms with Crippen LogP contribution in [0.4, 0.5) is 13.2 Å². The van der Waals surface area contributed by atoms with Gasteiger partial charge < -0.3 is 19.9 Å². The zero-order valence-electron chi connectivity index (χ0n) is 17.3. The molecule has 4 rings (SSSR count). The van der Waals surface area contributed by atoms with Crippen LogP contribution < -0.4 is 14.8 Å². The van der Waals surface area contributed by atoms with Crippen molar-refractivity contribution in [1.29, 1.82) is 0 Å². The molecule has 0 fully saturated rings. The van der Waals surface area contributed by atoms with Crippen LogP contribution in [0.3, 0.4) is 0 Å². The van der Waals surface area contributed by atoms with Gasteiger partial charge in [0.2, 0.25) is 5.88 Å². The number of halogens is 3. The van der Waals surface area contributed by atoms with Crippen molar-refractivity contribution >= 4 is 5.91 Å². The molecule has 7 nitrogen and oxygen atoms in total. The molecule has 2 aromatic heterocycles. The van der Waals surface area contributed by atoms with Gasteiger partial charge in [-0.25, -0.2) is 4.98 Å². The molecule has 1 aliphatic heterocycles. The van der Waals surface area contributed by atoms with Crippen LogP contribution >= 0.6 is 0 Å². The van der Waals surface area contributed by atoms with Gasteiger partial charge in [0.25, 0.3) is 5.91 Å².